The summed E-state index contributed by atoms with van der Waals surface area (Å²) in [5.41, 5.74) is 8.72. The highest BCUT2D eigenvalue weighted by Crippen LogP contribution is 2.36. The first-order chi connectivity index (χ1) is 26.1. The van der Waals surface area contributed by atoms with E-state index in [1.807, 2.05) is 42.9 Å². The van der Waals surface area contributed by atoms with Gasteiger partial charge in [0.15, 0.2) is 10.6 Å². The molecule has 280 valence electrons. The van der Waals surface area contributed by atoms with Crippen LogP contribution < -0.4 is 9.64 Å². The summed E-state index contributed by atoms with van der Waals surface area (Å²) in [6, 6.07) is 21.2. The average Bonchev–Trinajstić information content (AvgIpc) is 3.81. The molecule has 3 aromatic carbocycles. The zero-order valence-corrected chi connectivity index (χ0v) is 32.0. The van der Waals surface area contributed by atoms with Gasteiger partial charge in [0.1, 0.15) is 18.2 Å². The topological polar surface area (TPSA) is 100 Å². The normalized spacial score (nSPS) is 16.9. The first kappa shape index (κ1) is 37.2. The predicted octanol–water partition coefficient (Wildman–Crippen LogP) is 8.91. The Labute approximate surface area is 317 Å². The number of allylic oxidation sites excluding steroid dienone is 1. The van der Waals surface area contributed by atoms with Gasteiger partial charge in [-0.05, 0) is 120 Å². The molecule has 10 heteroatoms. The zero-order valence-electron chi connectivity index (χ0n) is 31.2. The molecule has 1 atom stereocenters. The fourth-order valence-corrected chi connectivity index (χ4v) is 8.45. The second-order valence-electron chi connectivity index (χ2n) is 14.2. The summed E-state index contributed by atoms with van der Waals surface area (Å²) >= 11 is -1.20. The van der Waals surface area contributed by atoms with Crippen molar-refractivity contribution in [3.05, 3.63) is 90.3 Å². The third-order valence-corrected chi connectivity index (χ3v) is 11.6. The predicted molar refractivity (Wildman–Crippen MR) is 215 cm³/mol. The summed E-state index contributed by atoms with van der Waals surface area (Å²) in [5, 5.41) is 0. The van der Waals surface area contributed by atoms with Crippen LogP contribution in [0.3, 0.4) is 0 Å². The molecule has 2 aliphatic rings. The number of anilines is 1. The van der Waals surface area contributed by atoms with Crippen LogP contribution in [0, 0.1) is 5.92 Å². The van der Waals surface area contributed by atoms with Gasteiger partial charge in [0.05, 0.1) is 35.9 Å². The number of aromatic nitrogens is 4. The standard InChI is InChI=1S/C43H53N5O4S/c1-3-5-20-50-23-24-52-38-11-8-33(9-12-38)34-10-15-42-36(25-34)26-35(7-6-19-47(42)29-32-16-21-51-22-17-32)43-45-40-14-13-39(27-41(40)46-43)53(49)30-37-28-44-31-48(37)18-4-2/h8-15,25-28,31-32H,3-7,16-24,29-30H2,1-2H3,(H,45,46)/b35-26+/t53-/m0/s1. The number of aryl methyl sites for hydroxylation is 1. The number of benzene rings is 3. The van der Waals surface area contributed by atoms with E-state index in [4.69, 9.17) is 19.2 Å². The van der Waals surface area contributed by atoms with Crippen molar-refractivity contribution in [2.24, 2.45) is 5.92 Å². The molecule has 0 radical (unpaired) electrons. The van der Waals surface area contributed by atoms with Crippen LogP contribution in [0.25, 0.3) is 33.8 Å². The van der Waals surface area contributed by atoms with Crippen molar-refractivity contribution in [1.29, 1.82) is 0 Å². The SMILES string of the molecule is CCCCOCCOc1ccc(-c2ccc3c(c2)/C=C(/c2nc4cc([S@@+]([O-])Cc5cncn5CCC)ccc4[nH]2)CCCN3CC2CCOCC2)cc1. The Hall–Kier alpha value is -4.09. The number of hydrogen-bond donors (Lipinski definition) is 1. The molecule has 9 nitrogen and oxygen atoms in total. The van der Waals surface area contributed by atoms with Gasteiger partial charge in [0, 0.05) is 51.2 Å². The molecule has 2 aliphatic heterocycles. The van der Waals surface area contributed by atoms with Crippen molar-refractivity contribution in [2.45, 2.75) is 76.0 Å². The lowest BCUT2D eigenvalue weighted by atomic mass is 9.94. The Kier molecular flexibility index (Phi) is 12.9. The minimum atomic E-state index is -1.20. The third-order valence-electron chi connectivity index (χ3n) is 10.3. The maximum Gasteiger partial charge on any atom is 0.155 e. The van der Waals surface area contributed by atoms with Gasteiger partial charge in [0.2, 0.25) is 0 Å². The molecule has 5 aromatic rings. The Balaban J connectivity index is 1.14. The second-order valence-corrected chi connectivity index (χ2v) is 15.7. The molecular weight excluding hydrogens is 683 g/mol. The highest BCUT2D eigenvalue weighted by Gasteiger charge is 2.23. The van der Waals surface area contributed by atoms with Crippen LogP contribution >= 0.6 is 0 Å². The molecule has 0 spiro atoms. The minimum Gasteiger partial charge on any atom is -0.611 e. The smallest absolute Gasteiger partial charge is 0.155 e. The first-order valence-electron chi connectivity index (χ1n) is 19.4. The van der Waals surface area contributed by atoms with Crippen LogP contribution in [0.15, 0.2) is 78.1 Å². The lowest BCUT2D eigenvalue weighted by Crippen LogP contribution is -2.34. The second kappa shape index (κ2) is 18.3. The minimum absolute atomic E-state index is 0.432. The van der Waals surface area contributed by atoms with E-state index >= 15 is 0 Å². The van der Waals surface area contributed by atoms with E-state index in [1.165, 1.54) is 16.8 Å². The Morgan fingerprint density at radius 1 is 0.962 bits per heavy atom. The van der Waals surface area contributed by atoms with Gasteiger partial charge >= 0.3 is 0 Å². The van der Waals surface area contributed by atoms with E-state index in [9.17, 15) is 4.55 Å². The van der Waals surface area contributed by atoms with E-state index in [0.717, 1.165) is 129 Å². The van der Waals surface area contributed by atoms with E-state index in [1.54, 1.807) is 0 Å². The number of nitrogens with zero attached hydrogens (tertiary/aromatic N) is 4. The van der Waals surface area contributed by atoms with Crippen LogP contribution in [-0.2, 0) is 32.9 Å². The number of rotatable bonds is 16. The number of nitrogens with one attached hydrogen (secondary N) is 1. The van der Waals surface area contributed by atoms with Gasteiger partial charge < -0.3 is 33.2 Å². The molecule has 0 bridgehead atoms. The quantitative estimate of drug-likeness (QED) is 0.0798. The first-order valence-corrected chi connectivity index (χ1v) is 20.8. The molecule has 0 aliphatic carbocycles. The third kappa shape index (κ3) is 9.54. The molecular formula is C43H53N5O4S. The average molecular weight is 736 g/mol. The number of unbranched alkanes of at least 4 members (excludes halogenated alkanes) is 1. The van der Waals surface area contributed by atoms with Gasteiger partial charge in [-0.15, -0.1) is 0 Å². The van der Waals surface area contributed by atoms with Crippen molar-refractivity contribution in [2.75, 3.05) is 51.0 Å². The van der Waals surface area contributed by atoms with Crippen LogP contribution in [0.1, 0.15) is 75.9 Å². The number of imidazole rings is 2. The molecule has 1 saturated heterocycles. The molecule has 0 amide bonds. The molecule has 4 heterocycles. The zero-order chi connectivity index (χ0) is 36.4. The number of hydrogen-bond acceptors (Lipinski definition) is 7. The van der Waals surface area contributed by atoms with Crippen molar-refractivity contribution in [1.82, 2.24) is 19.5 Å². The van der Waals surface area contributed by atoms with E-state index in [2.05, 4.69) is 69.7 Å². The maximum atomic E-state index is 13.5. The Morgan fingerprint density at radius 2 is 1.81 bits per heavy atom. The van der Waals surface area contributed by atoms with Gasteiger partial charge in [0.25, 0.3) is 0 Å². The van der Waals surface area contributed by atoms with E-state index in [0.29, 0.717) is 24.9 Å². The summed E-state index contributed by atoms with van der Waals surface area (Å²) in [6.45, 7) is 10.8. The van der Waals surface area contributed by atoms with E-state index < -0.39 is 11.2 Å². The number of fused-ring (bicyclic) bond motifs is 2. The van der Waals surface area contributed by atoms with Crippen molar-refractivity contribution >= 4 is 39.5 Å². The molecule has 53 heavy (non-hydrogen) atoms. The molecule has 0 unspecified atom stereocenters. The molecule has 7 rings (SSSR count). The summed E-state index contributed by atoms with van der Waals surface area (Å²) in [4.78, 5) is 16.4. The van der Waals surface area contributed by atoms with Crippen molar-refractivity contribution in [3.8, 4) is 16.9 Å². The molecule has 0 saturated carbocycles. The summed E-state index contributed by atoms with van der Waals surface area (Å²) < 4.78 is 32.9. The van der Waals surface area contributed by atoms with Crippen LogP contribution in [0.5, 0.6) is 5.75 Å². The highest BCUT2D eigenvalue weighted by atomic mass is 32.2. The van der Waals surface area contributed by atoms with Gasteiger partial charge in [-0.2, -0.15) is 0 Å². The molecule has 1 N–H and O–H groups in total. The number of ether oxygens (including phenoxy) is 3. The monoisotopic (exact) mass is 735 g/mol. The van der Waals surface area contributed by atoms with Gasteiger partial charge in [-0.3, -0.25) is 0 Å². The highest BCUT2D eigenvalue weighted by molar-refractivity contribution is 7.90. The van der Waals surface area contributed by atoms with Gasteiger partial charge in [-0.25, -0.2) is 9.97 Å². The van der Waals surface area contributed by atoms with Crippen LogP contribution in [0.2, 0.25) is 0 Å². The van der Waals surface area contributed by atoms with Crippen LogP contribution in [0.4, 0.5) is 5.69 Å². The number of aromatic amines is 1. The van der Waals surface area contributed by atoms with Gasteiger partial charge in [-0.1, -0.05) is 38.5 Å². The summed E-state index contributed by atoms with van der Waals surface area (Å²) in [5.74, 6) is 2.79. The largest absolute Gasteiger partial charge is 0.611 e. The molecule has 2 aromatic heterocycles. The van der Waals surface area contributed by atoms with E-state index in [-0.39, 0.29) is 0 Å². The lowest BCUT2D eigenvalue weighted by Gasteiger charge is -2.33. The summed E-state index contributed by atoms with van der Waals surface area (Å²) in [6.07, 6.45) is 13.3. The fourth-order valence-electron chi connectivity index (χ4n) is 7.31. The Bertz CT molecular complexity index is 1950. The molecule has 1 fully saturated rings. The summed E-state index contributed by atoms with van der Waals surface area (Å²) in [7, 11) is 0. The van der Waals surface area contributed by atoms with Crippen molar-refractivity contribution in [3.63, 3.8) is 0 Å². The number of H-pyrrole nitrogens is 1. The lowest BCUT2D eigenvalue weighted by molar-refractivity contribution is 0.0682. The fraction of sp³-hybridized carbons (Fsp3) is 0.442. The van der Waals surface area contributed by atoms with Crippen molar-refractivity contribution < 1.29 is 18.8 Å². The maximum absolute atomic E-state index is 13.5. The Morgan fingerprint density at radius 3 is 2.64 bits per heavy atom. The van der Waals surface area contributed by atoms with Crippen LogP contribution in [-0.4, -0.2) is 70.2 Å².